The van der Waals surface area contributed by atoms with E-state index in [1.165, 1.54) is 51.4 Å². The van der Waals surface area contributed by atoms with E-state index in [0.29, 0.717) is 8.45 Å². The Bertz CT molecular complexity index is 863. The third-order valence-corrected chi connectivity index (χ3v) is 44.2. The van der Waals surface area contributed by atoms with E-state index in [4.69, 9.17) is 18.6 Å². The van der Waals surface area contributed by atoms with E-state index >= 15 is 0 Å². The molecule has 0 saturated heterocycles. The molecule has 0 nitrogen and oxygen atoms in total. The molecule has 4 aliphatic rings. The summed E-state index contributed by atoms with van der Waals surface area (Å²) in [6, 6.07) is 0. The second-order valence-corrected chi connectivity index (χ2v) is 42.7. The molecule has 0 N–H and O–H groups in total. The molecule has 4 aliphatic carbocycles. The van der Waals surface area contributed by atoms with E-state index < -0.39 is 19.1 Å². The van der Waals surface area contributed by atoms with Crippen molar-refractivity contribution in [2.24, 2.45) is 10.8 Å². The average Bonchev–Trinajstić information content (AvgIpc) is 3.28. The minimum absolute atomic E-state index is 0.105. The van der Waals surface area contributed by atoms with Gasteiger partial charge in [-0.1, -0.05) is 0 Å². The summed E-state index contributed by atoms with van der Waals surface area (Å²) in [6.07, 6.45) is 15.3. The maximum atomic E-state index is 8.45. The van der Waals surface area contributed by atoms with Crippen molar-refractivity contribution >= 4 is 25.3 Å². The molecule has 0 bridgehead atoms. The molecule has 0 radical (unpaired) electrons. The van der Waals surface area contributed by atoms with Crippen molar-refractivity contribution in [2.75, 3.05) is 0 Å². The summed E-state index contributed by atoms with van der Waals surface area (Å²) in [5.41, 5.74) is 9.91. The van der Waals surface area contributed by atoms with Gasteiger partial charge >= 0.3 is 209 Å². The van der Waals surface area contributed by atoms with Crippen LogP contribution in [0.1, 0.15) is 92.9 Å². The van der Waals surface area contributed by atoms with Crippen LogP contribution < -0.4 is 0 Å². The SMILES string of the molecule is C[SiH](C)[Ti]([Cl])([Cl])([CH]1C(C(C)(C)C)=CC2=C1CCCC2)[CH]1C(C(C)(C)C)=CC2=C1CCCC2. The number of hydrogen-bond donors (Lipinski definition) is 0. The number of hydrogen-bond acceptors (Lipinski definition) is 0. The Hall–Kier alpha value is 0.471. The van der Waals surface area contributed by atoms with E-state index in [2.05, 4.69) is 66.8 Å². The topological polar surface area (TPSA) is 0 Å². The fourth-order valence-corrected chi connectivity index (χ4v) is 29.1. The molecule has 2 unspecified atom stereocenters. The molecule has 0 aromatic rings. The summed E-state index contributed by atoms with van der Waals surface area (Å²) in [5, 5.41) is 0. The van der Waals surface area contributed by atoms with Gasteiger partial charge in [-0.3, -0.25) is 0 Å². The first kappa shape index (κ1) is 25.6. The van der Waals surface area contributed by atoms with E-state index in [1.54, 1.807) is 33.4 Å². The van der Waals surface area contributed by atoms with Crippen molar-refractivity contribution in [2.45, 2.75) is 114 Å². The molecule has 0 fully saturated rings. The average molecular weight is 529 g/mol. The van der Waals surface area contributed by atoms with Crippen LogP contribution in [-0.2, 0) is 12.4 Å². The predicted octanol–water partition coefficient (Wildman–Crippen LogP) is 10.3. The van der Waals surface area contributed by atoms with Crippen molar-refractivity contribution in [3.8, 4) is 0 Å². The Morgan fingerprint density at radius 2 is 1.03 bits per heavy atom. The predicted molar refractivity (Wildman–Crippen MR) is 144 cm³/mol. The van der Waals surface area contributed by atoms with E-state index in [1.807, 2.05) is 0 Å². The molecule has 0 aliphatic heterocycles. The molecule has 0 heterocycles. The fraction of sp³-hybridized carbons (Fsp3) is 0.714. The van der Waals surface area contributed by atoms with Gasteiger partial charge in [0.05, 0.1) is 0 Å². The number of halogens is 2. The quantitative estimate of drug-likeness (QED) is 0.320. The third kappa shape index (κ3) is 3.89. The second-order valence-electron chi connectivity index (χ2n) is 13.5. The third-order valence-electron chi connectivity index (χ3n) is 9.03. The monoisotopic (exact) mass is 527 g/mol. The molecule has 0 spiro atoms. The van der Waals surface area contributed by atoms with Gasteiger partial charge in [-0.2, -0.15) is 0 Å². The zero-order valence-corrected chi connectivity index (χ0v) is 26.0. The first-order valence-electron chi connectivity index (χ1n) is 13.1. The van der Waals surface area contributed by atoms with Crippen LogP contribution in [0.4, 0.5) is 0 Å². The number of rotatable bonds is 3. The van der Waals surface area contributed by atoms with Gasteiger partial charge < -0.3 is 0 Å². The van der Waals surface area contributed by atoms with Crippen LogP contribution in [0.2, 0.25) is 21.5 Å². The van der Waals surface area contributed by atoms with Gasteiger partial charge in [0.2, 0.25) is 0 Å². The van der Waals surface area contributed by atoms with Crippen molar-refractivity contribution < 1.29 is 12.4 Å². The molecule has 4 heteroatoms. The van der Waals surface area contributed by atoms with Gasteiger partial charge in [0.1, 0.15) is 0 Å². The zero-order valence-electron chi connectivity index (χ0n) is 21.8. The van der Waals surface area contributed by atoms with Gasteiger partial charge in [0, 0.05) is 0 Å². The molecule has 4 rings (SSSR count). The van der Waals surface area contributed by atoms with Gasteiger partial charge in [0.15, 0.2) is 0 Å². The molecule has 179 valence electrons. The molecule has 0 aromatic carbocycles. The van der Waals surface area contributed by atoms with Crippen molar-refractivity contribution in [3.63, 3.8) is 0 Å². The van der Waals surface area contributed by atoms with Crippen LogP contribution in [0.25, 0.3) is 0 Å². The number of allylic oxidation sites excluding steroid dienone is 8. The van der Waals surface area contributed by atoms with Crippen molar-refractivity contribution in [1.29, 1.82) is 0 Å². The molecule has 2 atom stereocenters. The maximum absolute atomic E-state index is 8.45. The Balaban J connectivity index is 1.99. The second kappa shape index (κ2) is 8.26. The summed E-state index contributed by atoms with van der Waals surface area (Å²) < 4.78 is 0.670. The molecule has 0 amide bonds. The Morgan fingerprint density at radius 3 is 1.34 bits per heavy atom. The molecular formula is C28H45Cl2SiTi. The summed E-state index contributed by atoms with van der Waals surface area (Å²) in [4.78, 5) is 0. The van der Waals surface area contributed by atoms with Gasteiger partial charge in [-0.25, -0.2) is 0 Å². The summed E-state index contributed by atoms with van der Waals surface area (Å²) in [7, 11) is 16.9. The van der Waals surface area contributed by atoms with Crippen LogP contribution in [-0.4, -0.2) is 6.66 Å². The van der Waals surface area contributed by atoms with Crippen molar-refractivity contribution in [1.82, 2.24) is 0 Å². The van der Waals surface area contributed by atoms with Gasteiger partial charge in [0.25, 0.3) is 0 Å². The van der Waals surface area contributed by atoms with Crippen LogP contribution in [0.15, 0.2) is 45.6 Å². The molecule has 0 aromatic heterocycles. The first-order chi connectivity index (χ1) is 14.7. The summed E-state index contributed by atoms with van der Waals surface area (Å²) in [5.74, 6) is 0. The summed E-state index contributed by atoms with van der Waals surface area (Å²) in [6.45, 7) is 18.0. The molecule has 0 saturated carbocycles. The van der Waals surface area contributed by atoms with Gasteiger partial charge in [-0.15, -0.1) is 0 Å². The molecular weight excluding hydrogens is 483 g/mol. The Morgan fingerprint density at radius 1 is 0.688 bits per heavy atom. The standard InChI is InChI=1S/2C13H19.C2H7Si.2ClH.Ti/c2*1-13(2,3)12-8-10-6-4-5-7-11(10)9-12;1-3-2;;;/h2*8-9H,4-7H2,1-3H3;3H,1-2H3;2*1H;/q;;;;;+2/p-2. The Kier molecular flexibility index (Phi) is 6.60. The zero-order chi connectivity index (χ0) is 23.7. The van der Waals surface area contributed by atoms with E-state index in [9.17, 15) is 0 Å². The van der Waals surface area contributed by atoms with Crippen molar-refractivity contribution in [3.05, 3.63) is 45.6 Å². The van der Waals surface area contributed by atoms with E-state index in [-0.39, 0.29) is 10.8 Å². The summed E-state index contributed by atoms with van der Waals surface area (Å²) >= 11 is -4.16. The van der Waals surface area contributed by atoms with Crippen LogP contribution in [0, 0.1) is 10.8 Å². The van der Waals surface area contributed by atoms with Crippen LogP contribution in [0.5, 0.6) is 0 Å². The van der Waals surface area contributed by atoms with Crippen LogP contribution >= 0.6 is 18.6 Å². The van der Waals surface area contributed by atoms with Crippen LogP contribution in [0.3, 0.4) is 0 Å². The fourth-order valence-electron chi connectivity index (χ4n) is 7.20. The minimum atomic E-state index is -4.16. The van der Waals surface area contributed by atoms with Gasteiger partial charge in [-0.05, 0) is 0 Å². The molecule has 32 heavy (non-hydrogen) atoms. The normalized spacial score (nSPS) is 28.4. The van der Waals surface area contributed by atoms with E-state index in [0.717, 1.165) is 0 Å². The first-order valence-corrected chi connectivity index (χ1v) is 24.8. The Labute approximate surface area is 207 Å².